The van der Waals surface area contributed by atoms with Gasteiger partial charge in [-0.25, -0.2) is 4.98 Å². The molecular formula is C47H28N2O2S. The van der Waals surface area contributed by atoms with Gasteiger partial charge < -0.3 is 13.7 Å². The molecule has 4 nitrogen and oxygen atoms in total. The normalized spacial score (nSPS) is 11.8. The van der Waals surface area contributed by atoms with Gasteiger partial charge in [0.15, 0.2) is 11.2 Å². The van der Waals surface area contributed by atoms with E-state index in [2.05, 4.69) is 138 Å². The quantitative estimate of drug-likeness (QED) is 0.181. The minimum Gasteiger partial charge on any atom is -0.454 e. The van der Waals surface area contributed by atoms with Crippen LogP contribution in [0.15, 0.2) is 179 Å². The van der Waals surface area contributed by atoms with E-state index in [1.54, 1.807) is 0 Å². The highest BCUT2D eigenvalue weighted by molar-refractivity contribution is 7.25. The molecule has 0 aliphatic heterocycles. The number of benzene rings is 8. The monoisotopic (exact) mass is 684 g/mol. The van der Waals surface area contributed by atoms with Crippen LogP contribution >= 0.6 is 11.3 Å². The molecule has 0 bridgehead atoms. The van der Waals surface area contributed by atoms with Crippen molar-refractivity contribution >= 4 is 92.4 Å². The number of anilines is 3. The molecule has 11 aromatic rings. The smallest absolute Gasteiger partial charge is 0.227 e. The zero-order chi connectivity index (χ0) is 34.2. The number of furan rings is 1. The fourth-order valence-corrected chi connectivity index (χ4v) is 8.76. The molecule has 0 spiro atoms. The average molecular weight is 685 g/mol. The number of para-hydroxylation sites is 2. The Bertz CT molecular complexity index is 3100. The molecule has 8 aromatic carbocycles. The Morgan fingerprint density at radius 2 is 1.17 bits per heavy atom. The van der Waals surface area contributed by atoms with Crippen molar-refractivity contribution in [1.29, 1.82) is 0 Å². The number of rotatable bonds is 5. The lowest BCUT2D eigenvalue weighted by Crippen LogP contribution is -2.10. The van der Waals surface area contributed by atoms with Gasteiger partial charge in [-0.1, -0.05) is 103 Å². The lowest BCUT2D eigenvalue weighted by atomic mass is 10.00. The van der Waals surface area contributed by atoms with Gasteiger partial charge in [0.1, 0.15) is 11.1 Å². The Hall–Kier alpha value is -6.69. The number of thiophene rings is 1. The summed E-state index contributed by atoms with van der Waals surface area (Å²) in [7, 11) is 0. The molecule has 0 saturated carbocycles. The third kappa shape index (κ3) is 4.57. The zero-order valence-electron chi connectivity index (χ0n) is 27.8. The van der Waals surface area contributed by atoms with Crippen LogP contribution in [0.5, 0.6) is 0 Å². The Morgan fingerprint density at radius 1 is 0.462 bits per heavy atom. The van der Waals surface area contributed by atoms with Crippen LogP contribution in [-0.2, 0) is 0 Å². The van der Waals surface area contributed by atoms with E-state index >= 15 is 0 Å². The number of oxazole rings is 1. The van der Waals surface area contributed by atoms with Crippen molar-refractivity contribution in [2.45, 2.75) is 0 Å². The SMILES string of the molecule is c1ccc(-c2ccc(N(c3ccc4c(c3)sc3ccccc34)c3cc4ccccc4c4c3oc3ccc(-c5nc6ccccc6o5)cc34)cc2)cc1. The first kappa shape index (κ1) is 29.1. The minimum absolute atomic E-state index is 0.592. The van der Waals surface area contributed by atoms with Crippen LogP contribution in [0.1, 0.15) is 0 Å². The molecule has 11 rings (SSSR count). The average Bonchev–Trinajstić information content (AvgIpc) is 3.92. The maximum Gasteiger partial charge on any atom is 0.227 e. The largest absolute Gasteiger partial charge is 0.454 e. The van der Waals surface area contributed by atoms with Crippen molar-refractivity contribution in [3.05, 3.63) is 170 Å². The second kappa shape index (κ2) is 11.4. The molecule has 0 aliphatic carbocycles. The maximum absolute atomic E-state index is 6.90. The molecule has 3 aromatic heterocycles. The van der Waals surface area contributed by atoms with Crippen LogP contribution in [0, 0.1) is 0 Å². The van der Waals surface area contributed by atoms with Crippen LogP contribution in [0.3, 0.4) is 0 Å². The van der Waals surface area contributed by atoms with Gasteiger partial charge in [-0.2, -0.15) is 0 Å². The Labute approximate surface area is 302 Å². The molecule has 0 radical (unpaired) electrons. The molecule has 244 valence electrons. The summed E-state index contributed by atoms with van der Waals surface area (Å²) < 4.78 is 15.6. The van der Waals surface area contributed by atoms with Crippen molar-refractivity contribution in [2.24, 2.45) is 0 Å². The number of hydrogen-bond acceptors (Lipinski definition) is 5. The molecule has 0 atom stereocenters. The lowest BCUT2D eigenvalue weighted by Gasteiger charge is -2.26. The Morgan fingerprint density at radius 3 is 2.06 bits per heavy atom. The topological polar surface area (TPSA) is 42.4 Å². The highest BCUT2D eigenvalue weighted by Crippen LogP contribution is 2.47. The van der Waals surface area contributed by atoms with E-state index in [0.29, 0.717) is 5.89 Å². The molecule has 52 heavy (non-hydrogen) atoms. The number of hydrogen-bond donors (Lipinski definition) is 0. The van der Waals surface area contributed by atoms with Gasteiger partial charge in [0.25, 0.3) is 0 Å². The molecule has 0 unspecified atom stereocenters. The van der Waals surface area contributed by atoms with Gasteiger partial charge in [0.05, 0.1) is 5.69 Å². The molecule has 0 N–H and O–H groups in total. The van der Waals surface area contributed by atoms with Crippen molar-refractivity contribution < 1.29 is 8.83 Å². The van der Waals surface area contributed by atoms with Crippen LogP contribution in [0.2, 0.25) is 0 Å². The van der Waals surface area contributed by atoms with Crippen LogP contribution < -0.4 is 4.90 Å². The minimum atomic E-state index is 0.592. The molecule has 5 heteroatoms. The second-order valence-electron chi connectivity index (χ2n) is 13.1. The molecule has 3 heterocycles. The highest BCUT2D eigenvalue weighted by Gasteiger charge is 2.23. The number of nitrogens with zero attached hydrogens (tertiary/aromatic N) is 2. The highest BCUT2D eigenvalue weighted by atomic mass is 32.1. The first-order valence-electron chi connectivity index (χ1n) is 17.4. The van der Waals surface area contributed by atoms with Gasteiger partial charge in [-0.3, -0.25) is 0 Å². The van der Waals surface area contributed by atoms with Crippen LogP contribution in [0.25, 0.3) is 86.6 Å². The van der Waals surface area contributed by atoms with Crippen LogP contribution in [0.4, 0.5) is 17.1 Å². The van der Waals surface area contributed by atoms with E-state index in [-0.39, 0.29) is 0 Å². The summed E-state index contributed by atoms with van der Waals surface area (Å²) in [6, 6.07) is 59.8. The first-order chi connectivity index (χ1) is 25.7. The van der Waals surface area contributed by atoms with E-state index in [1.165, 1.54) is 31.3 Å². The van der Waals surface area contributed by atoms with Gasteiger partial charge in [-0.05, 0) is 88.6 Å². The van der Waals surface area contributed by atoms with Crippen molar-refractivity contribution in [2.75, 3.05) is 4.90 Å². The van der Waals surface area contributed by atoms with E-state index < -0.39 is 0 Å². The zero-order valence-corrected chi connectivity index (χ0v) is 28.6. The molecule has 0 saturated heterocycles. The number of fused-ring (bicyclic) bond motifs is 9. The van der Waals surface area contributed by atoms with Gasteiger partial charge in [-0.15, -0.1) is 11.3 Å². The van der Waals surface area contributed by atoms with Crippen molar-refractivity contribution in [3.8, 4) is 22.6 Å². The van der Waals surface area contributed by atoms with Gasteiger partial charge >= 0.3 is 0 Å². The van der Waals surface area contributed by atoms with Crippen molar-refractivity contribution in [1.82, 2.24) is 4.98 Å². The lowest BCUT2D eigenvalue weighted by molar-refractivity contribution is 0.620. The van der Waals surface area contributed by atoms with E-state index in [4.69, 9.17) is 13.8 Å². The first-order valence-corrected chi connectivity index (χ1v) is 18.2. The van der Waals surface area contributed by atoms with Gasteiger partial charge in [0, 0.05) is 47.9 Å². The third-order valence-electron chi connectivity index (χ3n) is 10.1. The fourth-order valence-electron chi connectivity index (χ4n) is 7.62. The third-order valence-corrected chi connectivity index (χ3v) is 11.2. The summed E-state index contributed by atoms with van der Waals surface area (Å²) in [5, 5.41) is 6.90. The summed E-state index contributed by atoms with van der Waals surface area (Å²) in [6.45, 7) is 0. The molecule has 0 amide bonds. The van der Waals surface area contributed by atoms with E-state index in [9.17, 15) is 0 Å². The summed E-state index contributed by atoms with van der Waals surface area (Å²) in [6.07, 6.45) is 0. The summed E-state index contributed by atoms with van der Waals surface area (Å²) in [4.78, 5) is 7.15. The molecule has 0 aliphatic rings. The second-order valence-corrected chi connectivity index (χ2v) is 14.2. The predicted molar refractivity (Wildman–Crippen MR) is 217 cm³/mol. The standard InChI is InChI=1S/C47H28N2O2S/c1-2-10-29(11-3-1)30-18-21-33(22-19-30)49(34-23-24-37-36-14-6-9-17-43(36)52-44(37)28-34)40-27-31-12-4-5-13-35(31)45-38-26-32(20-25-41(38)50-46(40)45)47-48-39-15-7-8-16-42(39)51-47/h1-28H. The molecular weight excluding hydrogens is 657 g/mol. The van der Waals surface area contributed by atoms with Crippen molar-refractivity contribution in [3.63, 3.8) is 0 Å². The number of aromatic nitrogens is 1. The maximum atomic E-state index is 6.90. The summed E-state index contributed by atoms with van der Waals surface area (Å²) in [5.41, 5.74) is 9.60. The predicted octanol–water partition coefficient (Wildman–Crippen LogP) is 14.1. The van der Waals surface area contributed by atoms with E-state index in [1.807, 2.05) is 47.7 Å². The van der Waals surface area contributed by atoms with E-state index in [0.717, 1.165) is 66.4 Å². The fraction of sp³-hybridized carbons (Fsp3) is 0. The Balaban J connectivity index is 1.17. The Kier molecular flexibility index (Phi) is 6.39. The molecule has 0 fully saturated rings. The summed E-state index contributed by atoms with van der Waals surface area (Å²) in [5.74, 6) is 0.592. The van der Waals surface area contributed by atoms with Gasteiger partial charge in [0.2, 0.25) is 5.89 Å². The summed E-state index contributed by atoms with van der Waals surface area (Å²) >= 11 is 1.83. The van der Waals surface area contributed by atoms with Crippen LogP contribution in [-0.4, -0.2) is 4.98 Å².